The molecule has 6 aliphatic rings. The first-order valence-corrected chi connectivity index (χ1v) is 20.9. The number of fused-ring (bicyclic) bond motifs is 7. The van der Waals surface area contributed by atoms with E-state index in [4.69, 9.17) is 23.7 Å². The van der Waals surface area contributed by atoms with Gasteiger partial charge in [-0.1, -0.05) is 60.1 Å². The van der Waals surface area contributed by atoms with Gasteiger partial charge >= 0.3 is 23.9 Å². The van der Waals surface area contributed by atoms with Gasteiger partial charge < -0.3 is 34.1 Å². The highest BCUT2D eigenvalue weighted by molar-refractivity contribution is 5.86. The van der Waals surface area contributed by atoms with Crippen LogP contribution in [0.25, 0.3) is 0 Å². The first-order chi connectivity index (χ1) is 26.3. The van der Waals surface area contributed by atoms with E-state index in [9.17, 15) is 29.1 Å². The minimum Gasteiger partial charge on any atom is -0.463 e. The van der Waals surface area contributed by atoms with Crippen molar-refractivity contribution in [3.05, 3.63) is 11.6 Å². The van der Waals surface area contributed by atoms with Gasteiger partial charge in [-0.3, -0.25) is 28.8 Å². The number of Topliss-reactive ketones (excluding diaryl/α,β-unsaturated/α-hetero) is 1. The van der Waals surface area contributed by atoms with Crippen LogP contribution in [0.1, 0.15) is 134 Å². The Kier molecular flexibility index (Phi) is 11.2. The SMILES string of the molecule is CC(=O)OCC1O[C@H](NC(=O)[C@]23CCC(C)(C)CC2C2=CCC4[C@@]5(C)CCC(=O)C(C)(C)C5CC[C@@]4(C)[C@]2(C)CC3O)C(OC(C)=O)C(OC(C)=O)[C@@H]1OC(C)=O. The van der Waals surface area contributed by atoms with Gasteiger partial charge in [0.1, 0.15) is 18.5 Å². The van der Waals surface area contributed by atoms with E-state index in [0.717, 1.165) is 46.5 Å². The second kappa shape index (κ2) is 14.7. The number of nitrogens with one attached hydrogen (secondary N) is 1. The van der Waals surface area contributed by atoms with Crippen LogP contribution in [-0.4, -0.2) is 84.0 Å². The molecule has 7 unspecified atom stereocenters. The fourth-order valence-corrected chi connectivity index (χ4v) is 13.2. The molecule has 1 heterocycles. The lowest BCUT2D eigenvalue weighted by Crippen LogP contribution is -2.70. The minimum atomic E-state index is -1.47. The Bertz CT molecular complexity index is 1720. The van der Waals surface area contributed by atoms with Gasteiger partial charge in [0, 0.05) is 39.5 Å². The summed E-state index contributed by atoms with van der Waals surface area (Å²) in [6, 6.07) is 0. The third kappa shape index (κ3) is 7.04. The molecule has 0 aromatic carbocycles. The Morgan fingerprint density at radius 2 is 1.40 bits per heavy atom. The van der Waals surface area contributed by atoms with Crippen LogP contribution in [0.15, 0.2) is 11.6 Å². The van der Waals surface area contributed by atoms with Crippen LogP contribution < -0.4 is 5.32 Å². The number of amides is 1. The number of hydrogen-bond donors (Lipinski definition) is 2. The molecule has 318 valence electrons. The molecule has 57 heavy (non-hydrogen) atoms. The maximum atomic E-state index is 15.3. The normalized spacial score (nSPS) is 43.0. The van der Waals surface area contributed by atoms with Gasteiger partial charge in [0.05, 0.1) is 11.5 Å². The van der Waals surface area contributed by atoms with Crippen LogP contribution in [0.2, 0.25) is 0 Å². The number of rotatable bonds is 7. The van der Waals surface area contributed by atoms with E-state index in [1.54, 1.807) is 0 Å². The lowest BCUT2D eigenvalue weighted by Gasteiger charge is -2.71. The van der Waals surface area contributed by atoms with Crippen molar-refractivity contribution in [1.29, 1.82) is 0 Å². The maximum Gasteiger partial charge on any atom is 0.303 e. The van der Waals surface area contributed by atoms with Crippen LogP contribution in [0.5, 0.6) is 0 Å². The van der Waals surface area contributed by atoms with Crippen molar-refractivity contribution in [2.75, 3.05) is 6.61 Å². The molecule has 2 N–H and O–H groups in total. The Morgan fingerprint density at radius 3 is 2.02 bits per heavy atom. The molecule has 1 saturated heterocycles. The average Bonchev–Trinajstić information content (AvgIpc) is 3.08. The fourth-order valence-electron chi connectivity index (χ4n) is 13.2. The lowest BCUT2D eigenvalue weighted by atomic mass is 9.33. The monoisotopic (exact) mass is 799 g/mol. The number of aliphatic hydroxyl groups excluding tert-OH is 1. The summed E-state index contributed by atoms with van der Waals surface area (Å²) in [5.74, 6) is -2.88. The number of ether oxygens (including phenoxy) is 5. The van der Waals surface area contributed by atoms with E-state index < -0.39 is 89.4 Å². The molecule has 1 amide bonds. The van der Waals surface area contributed by atoms with Crippen molar-refractivity contribution in [3.63, 3.8) is 0 Å². The Balaban J connectivity index is 1.40. The number of esters is 4. The summed E-state index contributed by atoms with van der Waals surface area (Å²) in [5, 5.41) is 15.7. The second-order valence-corrected chi connectivity index (χ2v) is 20.2. The van der Waals surface area contributed by atoms with Crippen LogP contribution >= 0.6 is 0 Å². The standard InChI is InChI=1S/C44H65NO12/c1-23(46)53-22-29-34(54-24(2)47)35(55-25(3)48)36(56-26(4)49)37(57-29)45-38(52)44-19-18-39(5,6)20-28(44)27-12-13-31-41(9)16-15-32(50)40(7,8)30(41)14-17-42(31,10)43(27,11)21-33(44)51/h12,28-31,33-37,51H,13-22H2,1-11H3,(H,45,52)/t28?,29?,30?,31?,33?,34-,35?,36?,37+,41+,42-,43-,44-/m1/s1. The van der Waals surface area contributed by atoms with E-state index >= 15 is 4.79 Å². The fraction of sp³-hybridized carbons (Fsp3) is 0.818. The van der Waals surface area contributed by atoms with Crippen LogP contribution in [-0.2, 0) is 52.5 Å². The van der Waals surface area contributed by atoms with Crippen molar-refractivity contribution in [3.8, 4) is 0 Å². The molecular formula is C44H65NO12. The summed E-state index contributed by atoms with van der Waals surface area (Å²) in [4.78, 5) is 77.8. The number of hydrogen-bond acceptors (Lipinski definition) is 12. The van der Waals surface area contributed by atoms with Gasteiger partial charge in [-0.15, -0.1) is 0 Å². The highest BCUT2D eigenvalue weighted by Gasteiger charge is 2.71. The molecule has 0 bridgehead atoms. The topological polar surface area (TPSA) is 181 Å². The lowest BCUT2D eigenvalue weighted by molar-refractivity contribution is -0.258. The summed E-state index contributed by atoms with van der Waals surface area (Å²) < 4.78 is 28.4. The van der Waals surface area contributed by atoms with Crippen molar-refractivity contribution in [2.45, 2.75) is 171 Å². The molecule has 0 aromatic heterocycles. The maximum absolute atomic E-state index is 15.3. The highest BCUT2D eigenvalue weighted by atomic mass is 16.7. The van der Waals surface area contributed by atoms with E-state index in [-0.39, 0.29) is 34.0 Å². The Morgan fingerprint density at radius 1 is 0.789 bits per heavy atom. The molecule has 1 aliphatic heterocycles. The van der Waals surface area contributed by atoms with E-state index in [1.165, 1.54) is 12.5 Å². The molecule has 6 rings (SSSR count). The largest absolute Gasteiger partial charge is 0.463 e. The molecule has 5 aliphatic carbocycles. The molecule has 13 atom stereocenters. The average molecular weight is 800 g/mol. The summed E-state index contributed by atoms with van der Waals surface area (Å²) in [6.07, 6.45) is 0.500. The van der Waals surface area contributed by atoms with Gasteiger partial charge in [0.25, 0.3) is 0 Å². The molecule has 0 radical (unpaired) electrons. The Hall–Kier alpha value is -3.32. The highest BCUT2D eigenvalue weighted by Crippen LogP contribution is 2.75. The van der Waals surface area contributed by atoms with Gasteiger partial charge in [-0.05, 0) is 90.8 Å². The second-order valence-electron chi connectivity index (χ2n) is 20.2. The zero-order valence-corrected chi connectivity index (χ0v) is 35.8. The number of carbonyl (C=O) groups excluding carboxylic acids is 6. The number of aliphatic hydroxyl groups is 1. The molecule has 4 saturated carbocycles. The quantitative estimate of drug-likeness (QED) is 0.187. The molecule has 5 fully saturated rings. The molecular weight excluding hydrogens is 734 g/mol. The third-order valence-corrected chi connectivity index (χ3v) is 16.1. The minimum absolute atomic E-state index is 0.0622. The number of ketones is 1. The summed E-state index contributed by atoms with van der Waals surface area (Å²) in [5.41, 5.74) is -1.34. The van der Waals surface area contributed by atoms with E-state index in [0.29, 0.717) is 37.9 Å². The predicted octanol–water partition coefficient (Wildman–Crippen LogP) is 5.53. The van der Waals surface area contributed by atoms with E-state index in [2.05, 4.69) is 59.9 Å². The summed E-state index contributed by atoms with van der Waals surface area (Å²) >= 11 is 0. The Labute approximate surface area is 337 Å². The molecule has 13 heteroatoms. The van der Waals surface area contributed by atoms with Gasteiger partial charge in [-0.2, -0.15) is 0 Å². The zero-order chi connectivity index (χ0) is 42.3. The third-order valence-electron chi connectivity index (χ3n) is 16.1. The number of carbonyl (C=O) groups is 6. The predicted molar refractivity (Wildman–Crippen MR) is 206 cm³/mol. The van der Waals surface area contributed by atoms with Crippen molar-refractivity contribution in [2.24, 2.45) is 50.2 Å². The van der Waals surface area contributed by atoms with Crippen LogP contribution in [0.3, 0.4) is 0 Å². The van der Waals surface area contributed by atoms with Gasteiger partial charge in [0.15, 0.2) is 24.5 Å². The van der Waals surface area contributed by atoms with Crippen LogP contribution in [0.4, 0.5) is 0 Å². The van der Waals surface area contributed by atoms with Crippen molar-refractivity contribution in [1.82, 2.24) is 5.32 Å². The molecule has 0 spiro atoms. The smallest absolute Gasteiger partial charge is 0.303 e. The summed E-state index contributed by atoms with van der Waals surface area (Å²) in [6.45, 7) is 19.9. The van der Waals surface area contributed by atoms with Gasteiger partial charge in [-0.25, -0.2) is 0 Å². The van der Waals surface area contributed by atoms with Crippen molar-refractivity contribution >= 4 is 35.6 Å². The first kappa shape index (κ1) is 43.3. The van der Waals surface area contributed by atoms with Crippen LogP contribution in [0, 0.1) is 50.2 Å². The van der Waals surface area contributed by atoms with E-state index in [1.807, 2.05) is 0 Å². The van der Waals surface area contributed by atoms with Crippen molar-refractivity contribution < 1.29 is 57.6 Å². The molecule has 0 aromatic rings. The summed E-state index contributed by atoms with van der Waals surface area (Å²) in [7, 11) is 0. The first-order valence-electron chi connectivity index (χ1n) is 20.9. The molecule has 13 nitrogen and oxygen atoms in total. The zero-order valence-electron chi connectivity index (χ0n) is 35.8. The number of allylic oxidation sites excluding steroid dienone is 2. The van der Waals surface area contributed by atoms with Gasteiger partial charge in [0.2, 0.25) is 5.91 Å².